The van der Waals surface area contributed by atoms with Gasteiger partial charge in [-0.15, -0.1) is 0 Å². The smallest absolute Gasteiger partial charge is 0.0139 e. The molecule has 0 spiro atoms. The van der Waals surface area contributed by atoms with Crippen LogP contribution >= 0.6 is 0 Å². The molecule has 0 saturated carbocycles. The Kier molecular flexibility index (Phi) is 7.23. The van der Waals surface area contributed by atoms with Gasteiger partial charge in [-0.3, -0.25) is 0 Å². The molecule has 0 aliphatic heterocycles. The maximum Gasteiger partial charge on any atom is 0.0139 e. The SMILES string of the molecule is CCN(CCCN(C)C)C[C@@H](C)N. The topological polar surface area (TPSA) is 32.5 Å². The minimum atomic E-state index is 0.291. The molecule has 0 rings (SSSR count). The molecule has 1 atom stereocenters. The zero-order valence-electron chi connectivity index (χ0n) is 9.58. The average molecular weight is 187 g/mol. The summed E-state index contributed by atoms with van der Waals surface area (Å²) in [6.07, 6.45) is 1.23. The third kappa shape index (κ3) is 8.22. The van der Waals surface area contributed by atoms with Crippen molar-refractivity contribution >= 4 is 0 Å². The van der Waals surface area contributed by atoms with Crippen LogP contribution < -0.4 is 5.73 Å². The summed E-state index contributed by atoms with van der Waals surface area (Å²) in [5.74, 6) is 0. The van der Waals surface area contributed by atoms with Crippen molar-refractivity contribution in [2.24, 2.45) is 5.73 Å². The average Bonchev–Trinajstić information content (AvgIpc) is 2.01. The van der Waals surface area contributed by atoms with E-state index in [-0.39, 0.29) is 0 Å². The first-order valence-electron chi connectivity index (χ1n) is 5.19. The van der Waals surface area contributed by atoms with Gasteiger partial charge in [-0.25, -0.2) is 0 Å². The molecule has 0 saturated heterocycles. The maximum absolute atomic E-state index is 5.75. The van der Waals surface area contributed by atoms with E-state index in [0.29, 0.717) is 6.04 Å². The molecule has 0 unspecified atom stereocenters. The largest absolute Gasteiger partial charge is 0.327 e. The van der Waals surface area contributed by atoms with E-state index in [4.69, 9.17) is 5.73 Å². The van der Waals surface area contributed by atoms with E-state index >= 15 is 0 Å². The molecule has 0 aromatic carbocycles. The zero-order chi connectivity index (χ0) is 10.3. The molecule has 0 fully saturated rings. The lowest BCUT2D eigenvalue weighted by molar-refractivity contribution is 0.256. The molecule has 13 heavy (non-hydrogen) atoms. The van der Waals surface area contributed by atoms with E-state index in [1.165, 1.54) is 6.42 Å². The van der Waals surface area contributed by atoms with E-state index in [2.05, 4.69) is 37.7 Å². The second-order valence-corrected chi connectivity index (χ2v) is 4.03. The van der Waals surface area contributed by atoms with Crippen molar-refractivity contribution in [1.29, 1.82) is 0 Å². The first kappa shape index (κ1) is 12.9. The molecule has 0 heterocycles. The van der Waals surface area contributed by atoms with Gasteiger partial charge in [0.25, 0.3) is 0 Å². The number of rotatable bonds is 7. The molecule has 0 aliphatic carbocycles. The van der Waals surface area contributed by atoms with Gasteiger partial charge in [0.2, 0.25) is 0 Å². The van der Waals surface area contributed by atoms with Gasteiger partial charge >= 0.3 is 0 Å². The first-order valence-corrected chi connectivity index (χ1v) is 5.19. The third-order valence-corrected chi connectivity index (χ3v) is 2.07. The van der Waals surface area contributed by atoms with Crippen LogP contribution in [0, 0.1) is 0 Å². The molecule has 3 nitrogen and oxygen atoms in total. The highest BCUT2D eigenvalue weighted by atomic mass is 15.1. The van der Waals surface area contributed by atoms with Crippen LogP contribution in [0.15, 0.2) is 0 Å². The lowest BCUT2D eigenvalue weighted by atomic mass is 10.3. The van der Waals surface area contributed by atoms with Gasteiger partial charge in [-0.1, -0.05) is 6.92 Å². The van der Waals surface area contributed by atoms with Crippen molar-refractivity contribution in [2.45, 2.75) is 26.3 Å². The van der Waals surface area contributed by atoms with E-state index in [9.17, 15) is 0 Å². The molecule has 0 radical (unpaired) electrons. The van der Waals surface area contributed by atoms with Crippen LogP contribution in [0.1, 0.15) is 20.3 Å². The summed E-state index contributed by atoms with van der Waals surface area (Å²) in [6.45, 7) is 8.71. The normalized spacial score (nSPS) is 14.1. The molecule has 80 valence electrons. The van der Waals surface area contributed by atoms with E-state index in [1.54, 1.807) is 0 Å². The van der Waals surface area contributed by atoms with Gasteiger partial charge < -0.3 is 15.5 Å². The van der Waals surface area contributed by atoms with Gasteiger partial charge in [0, 0.05) is 12.6 Å². The van der Waals surface area contributed by atoms with Gasteiger partial charge in [0.05, 0.1) is 0 Å². The Balaban J connectivity index is 3.48. The van der Waals surface area contributed by atoms with Crippen molar-refractivity contribution in [2.75, 3.05) is 40.3 Å². The fourth-order valence-corrected chi connectivity index (χ4v) is 1.40. The lowest BCUT2D eigenvalue weighted by Crippen LogP contribution is -2.36. The Bertz CT molecular complexity index is 113. The van der Waals surface area contributed by atoms with Crippen molar-refractivity contribution in [3.8, 4) is 0 Å². The Hall–Kier alpha value is -0.120. The number of hydrogen-bond acceptors (Lipinski definition) is 3. The highest BCUT2D eigenvalue weighted by Gasteiger charge is 2.04. The minimum absolute atomic E-state index is 0.291. The van der Waals surface area contributed by atoms with Crippen molar-refractivity contribution in [1.82, 2.24) is 9.80 Å². The predicted octanol–water partition coefficient (Wildman–Crippen LogP) is 0.607. The molecular weight excluding hydrogens is 162 g/mol. The van der Waals surface area contributed by atoms with Gasteiger partial charge in [0.15, 0.2) is 0 Å². The second-order valence-electron chi connectivity index (χ2n) is 4.03. The highest BCUT2D eigenvalue weighted by molar-refractivity contribution is 4.63. The number of nitrogens with two attached hydrogens (primary N) is 1. The molecule has 0 aromatic heterocycles. The number of hydrogen-bond donors (Lipinski definition) is 1. The quantitative estimate of drug-likeness (QED) is 0.634. The van der Waals surface area contributed by atoms with Crippen molar-refractivity contribution < 1.29 is 0 Å². The fraction of sp³-hybridized carbons (Fsp3) is 1.00. The van der Waals surface area contributed by atoms with Crippen LogP contribution in [0.5, 0.6) is 0 Å². The first-order chi connectivity index (χ1) is 6.06. The summed E-state index contributed by atoms with van der Waals surface area (Å²) in [4.78, 5) is 4.63. The summed E-state index contributed by atoms with van der Waals surface area (Å²) in [7, 11) is 4.23. The van der Waals surface area contributed by atoms with Crippen molar-refractivity contribution in [3.63, 3.8) is 0 Å². The van der Waals surface area contributed by atoms with Crippen LogP contribution in [0.4, 0.5) is 0 Å². The maximum atomic E-state index is 5.75. The molecular formula is C10H25N3. The van der Waals surface area contributed by atoms with Gasteiger partial charge in [0.1, 0.15) is 0 Å². The number of likely N-dealkylation sites (N-methyl/N-ethyl adjacent to an activating group) is 1. The van der Waals surface area contributed by atoms with Crippen LogP contribution in [0.25, 0.3) is 0 Å². The molecule has 3 heteroatoms. The van der Waals surface area contributed by atoms with Gasteiger partial charge in [-0.2, -0.15) is 0 Å². The summed E-state index contributed by atoms with van der Waals surface area (Å²) in [5, 5.41) is 0. The van der Waals surface area contributed by atoms with E-state index in [1.807, 2.05) is 0 Å². The second kappa shape index (κ2) is 7.30. The predicted molar refractivity (Wildman–Crippen MR) is 58.9 cm³/mol. The molecule has 0 aromatic rings. The summed E-state index contributed by atoms with van der Waals surface area (Å²) >= 11 is 0. The summed E-state index contributed by atoms with van der Waals surface area (Å²) < 4.78 is 0. The standard InChI is InChI=1S/C10H25N3/c1-5-13(9-10(2)11)8-6-7-12(3)4/h10H,5-9,11H2,1-4H3/t10-/m1/s1. The molecule has 0 amide bonds. The molecule has 0 bridgehead atoms. The van der Waals surface area contributed by atoms with E-state index < -0.39 is 0 Å². The molecule has 0 aliphatic rings. The Morgan fingerprint density at radius 3 is 2.23 bits per heavy atom. The van der Waals surface area contributed by atoms with Crippen molar-refractivity contribution in [3.05, 3.63) is 0 Å². The van der Waals surface area contributed by atoms with Crippen LogP contribution in [0.2, 0.25) is 0 Å². The van der Waals surface area contributed by atoms with Crippen LogP contribution in [-0.4, -0.2) is 56.1 Å². The van der Waals surface area contributed by atoms with Crippen LogP contribution in [0.3, 0.4) is 0 Å². The number of nitrogens with zero attached hydrogens (tertiary/aromatic N) is 2. The Morgan fingerprint density at radius 2 is 1.85 bits per heavy atom. The monoisotopic (exact) mass is 187 g/mol. The zero-order valence-corrected chi connectivity index (χ0v) is 9.58. The Labute approximate surface area is 82.9 Å². The van der Waals surface area contributed by atoms with Crippen LogP contribution in [-0.2, 0) is 0 Å². The Morgan fingerprint density at radius 1 is 1.23 bits per heavy atom. The highest BCUT2D eigenvalue weighted by Crippen LogP contribution is 1.93. The molecule has 2 N–H and O–H groups in total. The van der Waals surface area contributed by atoms with Gasteiger partial charge in [-0.05, 0) is 47.1 Å². The van der Waals surface area contributed by atoms with E-state index in [0.717, 1.165) is 26.2 Å². The third-order valence-electron chi connectivity index (χ3n) is 2.07. The summed E-state index contributed by atoms with van der Waals surface area (Å²) in [6, 6.07) is 0.291. The fourth-order valence-electron chi connectivity index (χ4n) is 1.40. The minimum Gasteiger partial charge on any atom is -0.327 e. The lowest BCUT2D eigenvalue weighted by Gasteiger charge is -2.23. The summed E-state index contributed by atoms with van der Waals surface area (Å²) in [5.41, 5.74) is 5.75.